The third kappa shape index (κ3) is 2.90. The van der Waals surface area contributed by atoms with Crippen molar-refractivity contribution in [2.24, 2.45) is 0 Å². The molecule has 0 aliphatic rings. The van der Waals surface area contributed by atoms with E-state index in [0.717, 1.165) is 5.56 Å². The minimum Gasteiger partial charge on any atom is -0.408 e. The number of aromatic nitrogens is 2. The number of nitrogens with zero attached hydrogens (tertiary/aromatic N) is 2. The molecule has 0 bridgehead atoms. The topological polar surface area (TPSA) is 44.1 Å². The Hall–Kier alpha value is -2.17. The van der Waals surface area contributed by atoms with E-state index < -0.39 is 5.97 Å². The van der Waals surface area contributed by atoms with Gasteiger partial charge in [0.15, 0.2) is 0 Å². The van der Waals surface area contributed by atoms with Crippen molar-refractivity contribution in [2.75, 3.05) is 0 Å². The van der Waals surface area contributed by atoms with E-state index in [4.69, 9.17) is 4.74 Å². The number of halogens is 1. The molecular weight excluding hydrogens is 223 g/mol. The number of imidazole rings is 1. The smallest absolute Gasteiger partial charge is 0.309 e. The van der Waals surface area contributed by atoms with Crippen molar-refractivity contribution in [3.63, 3.8) is 0 Å². The molecule has 0 saturated heterocycles. The van der Waals surface area contributed by atoms with Crippen LogP contribution in [0.4, 0.5) is 4.39 Å². The van der Waals surface area contributed by atoms with Crippen molar-refractivity contribution >= 4 is 5.97 Å². The molecule has 0 radical (unpaired) electrons. The summed E-state index contributed by atoms with van der Waals surface area (Å²) in [5.74, 6) is -0.299. The number of benzene rings is 1. The predicted molar refractivity (Wildman–Crippen MR) is 59.0 cm³/mol. The van der Waals surface area contributed by atoms with Crippen LogP contribution in [-0.2, 0) is 11.3 Å². The summed E-state index contributed by atoms with van der Waals surface area (Å²) in [5.41, 5.74) is 0.901. The van der Waals surface area contributed by atoms with Gasteiger partial charge in [-0.3, -0.25) is 9.36 Å². The molecule has 0 aliphatic heterocycles. The first-order valence-corrected chi connectivity index (χ1v) is 5.08. The van der Waals surface area contributed by atoms with Crippen molar-refractivity contribution in [1.29, 1.82) is 0 Å². The monoisotopic (exact) mass is 234 g/mol. The summed E-state index contributed by atoms with van der Waals surface area (Å²) in [6.45, 7) is 1.80. The number of hydrogen-bond acceptors (Lipinski definition) is 3. The number of ether oxygens (including phenoxy) is 1. The van der Waals surface area contributed by atoms with Gasteiger partial charge in [-0.15, -0.1) is 0 Å². The molecule has 88 valence electrons. The van der Waals surface area contributed by atoms with Gasteiger partial charge < -0.3 is 4.74 Å². The fourth-order valence-electron chi connectivity index (χ4n) is 1.45. The SMILES string of the molecule is CC(=O)Oc1cncn1Cc1ccc(F)cc1. The summed E-state index contributed by atoms with van der Waals surface area (Å²) >= 11 is 0. The van der Waals surface area contributed by atoms with Crippen LogP contribution in [-0.4, -0.2) is 15.5 Å². The molecular formula is C12H11FN2O2. The quantitative estimate of drug-likeness (QED) is 0.763. The minimum absolute atomic E-state index is 0.278. The molecule has 0 saturated carbocycles. The second-order valence-corrected chi connectivity index (χ2v) is 3.58. The lowest BCUT2D eigenvalue weighted by molar-refractivity contribution is -0.132. The van der Waals surface area contributed by atoms with Crippen molar-refractivity contribution in [2.45, 2.75) is 13.5 Å². The molecule has 1 heterocycles. The summed E-state index contributed by atoms with van der Waals surface area (Å²) in [7, 11) is 0. The number of rotatable bonds is 3. The Balaban J connectivity index is 2.15. The second kappa shape index (κ2) is 4.78. The standard InChI is InChI=1S/C12H11FN2O2/c1-9(16)17-12-6-14-8-15(12)7-10-2-4-11(13)5-3-10/h2-6,8H,7H2,1H3. The first kappa shape index (κ1) is 11.3. The molecule has 17 heavy (non-hydrogen) atoms. The van der Waals surface area contributed by atoms with Crippen LogP contribution >= 0.6 is 0 Å². The summed E-state index contributed by atoms with van der Waals surface area (Å²) in [6, 6.07) is 6.12. The van der Waals surface area contributed by atoms with Crippen LogP contribution in [0.2, 0.25) is 0 Å². The molecule has 0 aliphatic carbocycles. The fourth-order valence-corrected chi connectivity index (χ4v) is 1.45. The Morgan fingerprint density at radius 3 is 2.76 bits per heavy atom. The molecule has 2 rings (SSSR count). The van der Waals surface area contributed by atoms with Crippen LogP contribution in [0.1, 0.15) is 12.5 Å². The molecule has 2 aromatic rings. The van der Waals surface area contributed by atoms with E-state index in [1.54, 1.807) is 23.0 Å². The lowest BCUT2D eigenvalue weighted by Gasteiger charge is -2.07. The average molecular weight is 234 g/mol. The first-order valence-electron chi connectivity index (χ1n) is 5.08. The van der Waals surface area contributed by atoms with Crippen LogP contribution < -0.4 is 4.74 Å². The van der Waals surface area contributed by atoms with Gasteiger partial charge in [0.05, 0.1) is 19.1 Å². The van der Waals surface area contributed by atoms with Gasteiger partial charge in [-0.1, -0.05) is 12.1 Å². The molecule has 0 spiro atoms. The Bertz CT molecular complexity index is 520. The van der Waals surface area contributed by atoms with Crippen LogP contribution in [0.5, 0.6) is 5.88 Å². The van der Waals surface area contributed by atoms with Crippen LogP contribution in [0.15, 0.2) is 36.8 Å². The lowest BCUT2D eigenvalue weighted by atomic mass is 10.2. The zero-order chi connectivity index (χ0) is 12.3. The molecule has 0 unspecified atom stereocenters. The first-order chi connectivity index (χ1) is 8.15. The maximum atomic E-state index is 12.7. The Morgan fingerprint density at radius 1 is 1.41 bits per heavy atom. The van der Waals surface area contributed by atoms with Gasteiger partial charge in [0.2, 0.25) is 5.88 Å². The Kier molecular flexibility index (Phi) is 3.18. The summed E-state index contributed by atoms with van der Waals surface area (Å²) < 4.78 is 19.4. The van der Waals surface area contributed by atoms with E-state index in [2.05, 4.69) is 4.98 Å². The molecule has 5 heteroatoms. The predicted octanol–water partition coefficient (Wildman–Crippen LogP) is 2.00. The lowest BCUT2D eigenvalue weighted by Crippen LogP contribution is -2.07. The molecule has 0 atom stereocenters. The Morgan fingerprint density at radius 2 is 2.12 bits per heavy atom. The van der Waals surface area contributed by atoms with Gasteiger partial charge in [0, 0.05) is 6.92 Å². The number of carbonyl (C=O) groups excluding carboxylic acids is 1. The highest BCUT2D eigenvalue weighted by atomic mass is 19.1. The highest BCUT2D eigenvalue weighted by Gasteiger charge is 2.06. The van der Waals surface area contributed by atoms with E-state index in [1.807, 2.05) is 0 Å². The van der Waals surface area contributed by atoms with Crippen LogP contribution in [0, 0.1) is 5.82 Å². The Labute approximate surface area is 97.7 Å². The zero-order valence-corrected chi connectivity index (χ0v) is 9.26. The molecule has 4 nitrogen and oxygen atoms in total. The van der Waals surface area contributed by atoms with Gasteiger partial charge in [-0.05, 0) is 17.7 Å². The van der Waals surface area contributed by atoms with E-state index in [9.17, 15) is 9.18 Å². The summed E-state index contributed by atoms with van der Waals surface area (Å²) in [4.78, 5) is 14.7. The molecule has 0 amide bonds. The maximum absolute atomic E-state index is 12.7. The zero-order valence-electron chi connectivity index (χ0n) is 9.26. The van der Waals surface area contributed by atoms with E-state index >= 15 is 0 Å². The van der Waals surface area contributed by atoms with Crippen LogP contribution in [0.3, 0.4) is 0 Å². The molecule has 1 aromatic heterocycles. The molecule has 0 fully saturated rings. The minimum atomic E-state index is -0.397. The van der Waals surface area contributed by atoms with Crippen molar-refractivity contribution in [3.8, 4) is 5.88 Å². The van der Waals surface area contributed by atoms with E-state index in [-0.39, 0.29) is 5.82 Å². The van der Waals surface area contributed by atoms with Crippen LogP contribution in [0.25, 0.3) is 0 Å². The van der Waals surface area contributed by atoms with Gasteiger partial charge in [0.25, 0.3) is 0 Å². The van der Waals surface area contributed by atoms with Crippen molar-refractivity contribution < 1.29 is 13.9 Å². The van der Waals surface area contributed by atoms with Gasteiger partial charge in [0.1, 0.15) is 5.82 Å². The average Bonchev–Trinajstić information content (AvgIpc) is 2.68. The van der Waals surface area contributed by atoms with E-state index in [1.165, 1.54) is 25.3 Å². The fraction of sp³-hybridized carbons (Fsp3) is 0.167. The molecule has 1 aromatic carbocycles. The van der Waals surface area contributed by atoms with Gasteiger partial charge in [-0.2, -0.15) is 0 Å². The van der Waals surface area contributed by atoms with Gasteiger partial charge in [-0.25, -0.2) is 9.37 Å². The number of esters is 1. The van der Waals surface area contributed by atoms with E-state index in [0.29, 0.717) is 12.4 Å². The number of carbonyl (C=O) groups is 1. The normalized spacial score (nSPS) is 10.2. The third-order valence-corrected chi connectivity index (χ3v) is 2.19. The largest absolute Gasteiger partial charge is 0.408 e. The maximum Gasteiger partial charge on any atom is 0.309 e. The number of hydrogen-bond donors (Lipinski definition) is 0. The summed E-state index contributed by atoms with van der Waals surface area (Å²) in [6.07, 6.45) is 3.02. The summed E-state index contributed by atoms with van der Waals surface area (Å²) in [5, 5.41) is 0. The highest BCUT2D eigenvalue weighted by Crippen LogP contribution is 2.13. The van der Waals surface area contributed by atoms with Gasteiger partial charge >= 0.3 is 5.97 Å². The second-order valence-electron chi connectivity index (χ2n) is 3.58. The van der Waals surface area contributed by atoms with Crippen molar-refractivity contribution in [1.82, 2.24) is 9.55 Å². The third-order valence-electron chi connectivity index (χ3n) is 2.19. The highest BCUT2D eigenvalue weighted by molar-refractivity contribution is 5.68. The molecule has 0 N–H and O–H groups in total. The van der Waals surface area contributed by atoms with Crippen molar-refractivity contribution in [3.05, 3.63) is 48.2 Å².